The Hall–Kier alpha value is -1.63. The third-order valence-corrected chi connectivity index (χ3v) is 3.36. The molecule has 0 spiro atoms. The summed E-state index contributed by atoms with van der Waals surface area (Å²) in [5, 5.41) is 0. The molecule has 0 aromatic carbocycles. The zero-order chi connectivity index (χ0) is 16.3. The third-order valence-electron chi connectivity index (χ3n) is 2.86. The summed E-state index contributed by atoms with van der Waals surface area (Å²) in [5.74, 6) is 1.07. The zero-order valence-electron chi connectivity index (χ0n) is 13.3. The highest BCUT2D eigenvalue weighted by atomic mass is 32.2. The number of rotatable bonds is 6. The number of anilines is 1. The maximum atomic E-state index is 11.7. The van der Waals surface area contributed by atoms with Gasteiger partial charge in [0.05, 0.1) is 5.69 Å². The van der Waals surface area contributed by atoms with Crippen molar-refractivity contribution in [3.05, 3.63) is 17.8 Å². The molecule has 0 radical (unpaired) electrons. The quantitative estimate of drug-likeness (QED) is 0.812. The van der Waals surface area contributed by atoms with E-state index in [2.05, 4.69) is 9.71 Å². The van der Waals surface area contributed by atoms with Gasteiger partial charge in [-0.05, 0) is 45.7 Å². The third kappa shape index (κ3) is 5.29. The SMILES string of the molecule is CS(=O)Nc1ccc(OCC(=O)OC(C)(C)C)c(C2CC2)n1. The van der Waals surface area contributed by atoms with Crippen LogP contribution in [-0.4, -0.2) is 33.6 Å². The lowest BCUT2D eigenvalue weighted by Gasteiger charge is -2.20. The van der Waals surface area contributed by atoms with Gasteiger partial charge >= 0.3 is 5.97 Å². The average molecular weight is 326 g/mol. The van der Waals surface area contributed by atoms with Crippen LogP contribution in [0.2, 0.25) is 0 Å². The van der Waals surface area contributed by atoms with E-state index in [9.17, 15) is 9.00 Å². The predicted octanol–water partition coefficient (Wildman–Crippen LogP) is 2.38. The van der Waals surface area contributed by atoms with Gasteiger partial charge < -0.3 is 9.47 Å². The maximum Gasteiger partial charge on any atom is 0.344 e. The molecule has 0 amide bonds. The molecule has 1 saturated carbocycles. The molecule has 22 heavy (non-hydrogen) atoms. The van der Waals surface area contributed by atoms with Crippen LogP contribution in [0.15, 0.2) is 12.1 Å². The number of ether oxygens (including phenoxy) is 2. The Morgan fingerprint density at radius 3 is 2.64 bits per heavy atom. The van der Waals surface area contributed by atoms with Crippen LogP contribution < -0.4 is 9.46 Å². The van der Waals surface area contributed by atoms with Crippen LogP contribution in [0.4, 0.5) is 5.82 Å². The second kappa shape index (κ2) is 6.64. The number of pyridine rings is 1. The summed E-state index contributed by atoms with van der Waals surface area (Å²) in [7, 11) is -1.17. The average Bonchev–Trinajstić information content (AvgIpc) is 3.18. The second-order valence-corrected chi connectivity index (χ2v) is 7.40. The minimum Gasteiger partial charge on any atom is -0.480 e. The number of nitrogens with zero attached hydrogens (tertiary/aromatic N) is 1. The van der Waals surface area contributed by atoms with Crippen molar-refractivity contribution in [1.82, 2.24) is 4.98 Å². The number of hydrogen-bond acceptors (Lipinski definition) is 5. The van der Waals surface area contributed by atoms with Gasteiger partial charge in [-0.15, -0.1) is 0 Å². The van der Waals surface area contributed by atoms with Gasteiger partial charge in [0, 0.05) is 12.2 Å². The fraction of sp³-hybridized carbons (Fsp3) is 0.600. The number of carbonyl (C=O) groups excluding carboxylic acids is 1. The van der Waals surface area contributed by atoms with Crippen molar-refractivity contribution < 1.29 is 18.5 Å². The molecule has 1 heterocycles. The van der Waals surface area contributed by atoms with Crippen molar-refractivity contribution in [3.63, 3.8) is 0 Å². The summed E-state index contributed by atoms with van der Waals surface area (Å²) in [6.45, 7) is 5.29. The van der Waals surface area contributed by atoms with E-state index in [1.165, 1.54) is 0 Å². The van der Waals surface area contributed by atoms with E-state index in [0.717, 1.165) is 18.5 Å². The molecule has 1 aliphatic carbocycles. The zero-order valence-corrected chi connectivity index (χ0v) is 14.2. The van der Waals surface area contributed by atoms with Crippen LogP contribution in [-0.2, 0) is 20.5 Å². The minimum atomic E-state index is -1.17. The molecular formula is C15H22N2O4S. The summed E-state index contributed by atoms with van der Waals surface area (Å²) >= 11 is 0. The first-order valence-corrected chi connectivity index (χ1v) is 8.76. The van der Waals surface area contributed by atoms with Gasteiger partial charge in [0.15, 0.2) is 6.61 Å². The molecule has 2 rings (SSSR count). The molecule has 1 unspecified atom stereocenters. The van der Waals surface area contributed by atoms with E-state index in [4.69, 9.17) is 9.47 Å². The molecule has 6 nitrogen and oxygen atoms in total. The van der Waals surface area contributed by atoms with Crippen molar-refractivity contribution in [2.75, 3.05) is 17.6 Å². The molecule has 122 valence electrons. The fourth-order valence-corrected chi connectivity index (χ4v) is 2.35. The highest BCUT2D eigenvalue weighted by Crippen LogP contribution is 2.43. The minimum absolute atomic E-state index is 0.148. The number of nitrogens with one attached hydrogen (secondary N) is 1. The van der Waals surface area contributed by atoms with Crippen molar-refractivity contribution in [2.24, 2.45) is 0 Å². The highest BCUT2D eigenvalue weighted by molar-refractivity contribution is 7.85. The summed E-state index contributed by atoms with van der Waals surface area (Å²) in [5.41, 5.74) is 0.274. The predicted molar refractivity (Wildman–Crippen MR) is 85.2 cm³/mol. The van der Waals surface area contributed by atoms with Gasteiger partial charge in [-0.25, -0.2) is 14.0 Å². The molecule has 1 aromatic heterocycles. The topological polar surface area (TPSA) is 77.5 Å². The van der Waals surface area contributed by atoms with Gasteiger partial charge in [-0.1, -0.05) is 0 Å². The summed E-state index contributed by atoms with van der Waals surface area (Å²) in [6.07, 6.45) is 3.65. The van der Waals surface area contributed by atoms with Crippen LogP contribution in [0.5, 0.6) is 5.75 Å². The lowest BCUT2D eigenvalue weighted by Crippen LogP contribution is -2.27. The standard InChI is InChI=1S/C15H22N2O4S/c1-15(2,3)21-13(18)9-20-11-7-8-12(17-22(4)19)16-14(11)10-5-6-10/h7-8,10H,5-6,9H2,1-4H3,(H,16,17). The fourth-order valence-electron chi connectivity index (χ4n) is 1.95. The van der Waals surface area contributed by atoms with E-state index in [1.807, 2.05) is 20.8 Å². The normalized spacial score (nSPS) is 16.0. The van der Waals surface area contributed by atoms with Crippen LogP contribution in [0.3, 0.4) is 0 Å². The molecular weight excluding hydrogens is 304 g/mol. The first-order chi connectivity index (χ1) is 10.2. The number of esters is 1. The lowest BCUT2D eigenvalue weighted by molar-refractivity contribution is -0.157. The van der Waals surface area contributed by atoms with Gasteiger partial charge in [-0.3, -0.25) is 4.72 Å². The molecule has 7 heteroatoms. The second-order valence-electron chi connectivity index (χ2n) is 6.29. The summed E-state index contributed by atoms with van der Waals surface area (Å²) < 4.78 is 24.8. The Labute approximate surface area is 133 Å². The van der Waals surface area contributed by atoms with E-state index in [0.29, 0.717) is 17.5 Å². The van der Waals surface area contributed by atoms with Crippen molar-refractivity contribution in [2.45, 2.75) is 45.1 Å². The Balaban J connectivity index is 2.04. The largest absolute Gasteiger partial charge is 0.480 e. The Bertz CT molecular complexity index is 579. The molecule has 1 aromatic rings. The number of aromatic nitrogens is 1. The monoisotopic (exact) mass is 326 g/mol. The van der Waals surface area contributed by atoms with E-state index in [1.54, 1.807) is 18.4 Å². The number of carbonyl (C=O) groups is 1. The highest BCUT2D eigenvalue weighted by Gasteiger charge is 2.29. The van der Waals surface area contributed by atoms with E-state index >= 15 is 0 Å². The molecule has 1 aliphatic rings. The maximum absolute atomic E-state index is 11.7. The molecule has 1 N–H and O–H groups in total. The first kappa shape index (κ1) is 16.7. The Morgan fingerprint density at radius 1 is 1.41 bits per heavy atom. The first-order valence-electron chi connectivity index (χ1n) is 7.20. The Morgan fingerprint density at radius 2 is 2.09 bits per heavy atom. The molecule has 1 atom stereocenters. The van der Waals surface area contributed by atoms with Crippen LogP contribution in [0, 0.1) is 0 Å². The molecule has 0 saturated heterocycles. The van der Waals surface area contributed by atoms with Gasteiger partial charge in [0.1, 0.15) is 28.2 Å². The van der Waals surface area contributed by atoms with E-state index < -0.39 is 22.6 Å². The van der Waals surface area contributed by atoms with Crippen molar-refractivity contribution >= 4 is 22.8 Å². The van der Waals surface area contributed by atoms with Gasteiger partial charge in [0.25, 0.3) is 0 Å². The molecule has 1 fully saturated rings. The molecule has 0 bridgehead atoms. The lowest BCUT2D eigenvalue weighted by atomic mass is 10.2. The van der Waals surface area contributed by atoms with Crippen LogP contribution in [0.1, 0.15) is 45.2 Å². The molecule has 0 aliphatic heterocycles. The van der Waals surface area contributed by atoms with Crippen molar-refractivity contribution in [1.29, 1.82) is 0 Å². The van der Waals surface area contributed by atoms with Gasteiger partial charge in [0.2, 0.25) is 0 Å². The summed E-state index contributed by atoms with van der Waals surface area (Å²) in [4.78, 5) is 16.2. The van der Waals surface area contributed by atoms with Crippen molar-refractivity contribution in [3.8, 4) is 5.75 Å². The Kier molecular flexibility index (Phi) is 5.05. The van der Waals surface area contributed by atoms with E-state index in [-0.39, 0.29) is 6.61 Å². The van der Waals surface area contributed by atoms with Gasteiger partial charge in [-0.2, -0.15) is 0 Å². The summed E-state index contributed by atoms with van der Waals surface area (Å²) in [6, 6.07) is 3.44. The smallest absolute Gasteiger partial charge is 0.344 e. The van der Waals surface area contributed by atoms with Crippen LogP contribution >= 0.6 is 0 Å². The van der Waals surface area contributed by atoms with Crippen LogP contribution in [0.25, 0.3) is 0 Å². The number of hydrogen-bond donors (Lipinski definition) is 1.